The number of aromatic nitrogens is 2. The van der Waals surface area contributed by atoms with Crippen LogP contribution in [0, 0.1) is 13.8 Å². The van der Waals surface area contributed by atoms with Gasteiger partial charge in [-0.15, -0.1) is 0 Å². The van der Waals surface area contributed by atoms with Crippen LogP contribution in [-0.4, -0.2) is 9.78 Å². The molecule has 0 amide bonds. The van der Waals surface area contributed by atoms with E-state index in [0.717, 1.165) is 23.5 Å². The lowest BCUT2D eigenvalue weighted by molar-refractivity contribution is 0.505. The van der Waals surface area contributed by atoms with E-state index in [-0.39, 0.29) is 0 Å². The first-order valence-electron chi connectivity index (χ1n) is 6.56. The van der Waals surface area contributed by atoms with Crippen LogP contribution in [0.5, 0.6) is 0 Å². The Bertz CT molecular complexity index is 508. The Hall–Kier alpha value is -1.25. The molecule has 0 saturated heterocycles. The summed E-state index contributed by atoms with van der Waals surface area (Å²) in [7, 11) is 2.00. The molecule has 2 rings (SSSR count). The third-order valence-electron chi connectivity index (χ3n) is 3.38. The number of nitrogens with zero attached hydrogens (tertiary/aromatic N) is 2. The van der Waals surface area contributed by atoms with Crippen molar-refractivity contribution >= 4 is 10.9 Å². The molecule has 0 bridgehead atoms. The molecule has 0 aliphatic rings. The maximum atomic E-state index is 5.69. The van der Waals surface area contributed by atoms with E-state index in [1.54, 1.807) is 0 Å². The van der Waals surface area contributed by atoms with Crippen LogP contribution in [0.3, 0.4) is 0 Å². The summed E-state index contributed by atoms with van der Waals surface area (Å²) in [6.07, 6.45) is 6.19. The molecular weight excluding hydrogens is 212 g/mol. The van der Waals surface area contributed by atoms with Crippen LogP contribution in [0.2, 0.25) is 0 Å². The summed E-state index contributed by atoms with van der Waals surface area (Å²) in [6, 6.07) is 0. The highest BCUT2D eigenvalue weighted by Crippen LogP contribution is 2.28. The SMILES string of the molecule is CCCCCCc1nn(C)c2c(C)oc(C)c12. The van der Waals surface area contributed by atoms with E-state index >= 15 is 0 Å². The molecule has 0 fully saturated rings. The zero-order chi connectivity index (χ0) is 12.4. The van der Waals surface area contributed by atoms with E-state index < -0.39 is 0 Å². The molecule has 2 heterocycles. The second-order valence-corrected chi connectivity index (χ2v) is 4.82. The highest BCUT2D eigenvalue weighted by atomic mass is 16.3. The third-order valence-corrected chi connectivity index (χ3v) is 3.38. The number of hydrogen-bond acceptors (Lipinski definition) is 2. The van der Waals surface area contributed by atoms with E-state index in [1.165, 1.54) is 36.8 Å². The smallest absolute Gasteiger partial charge is 0.126 e. The van der Waals surface area contributed by atoms with E-state index in [0.29, 0.717) is 0 Å². The highest BCUT2D eigenvalue weighted by Gasteiger charge is 2.16. The van der Waals surface area contributed by atoms with Crippen LogP contribution >= 0.6 is 0 Å². The average molecular weight is 234 g/mol. The van der Waals surface area contributed by atoms with Gasteiger partial charge in [-0.25, -0.2) is 0 Å². The molecule has 0 unspecified atom stereocenters. The van der Waals surface area contributed by atoms with Crippen molar-refractivity contribution in [2.45, 2.75) is 52.9 Å². The fourth-order valence-corrected chi connectivity index (χ4v) is 2.58. The van der Waals surface area contributed by atoms with Gasteiger partial charge in [-0.1, -0.05) is 26.2 Å². The molecule has 0 saturated carbocycles. The zero-order valence-corrected chi connectivity index (χ0v) is 11.3. The Morgan fingerprint density at radius 2 is 1.88 bits per heavy atom. The Morgan fingerprint density at radius 3 is 2.59 bits per heavy atom. The fourth-order valence-electron chi connectivity index (χ4n) is 2.58. The van der Waals surface area contributed by atoms with Crippen molar-refractivity contribution in [3.05, 3.63) is 17.2 Å². The number of unbranched alkanes of at least 4 members (excludes halogenated alkanes) is 3. The monoisotopic (exact) mass is 234 g/mol. The lowest BCUT2D eigenvalue weighted by Crippen LogP contribution is -1.93. The average Bonchev–Trinajstić information content (AvgIpc) is 2.75. The predicted octanol–water partition coefficient (Wildman–Crippen LogP) is 3.91. The van der Waals surface area contributed by atoms with Crippen LogP contribution in [0.1, 0.15) is 49.8 Å². The third kappa shape index (κ3) is 2.24. The van der Waals surface area contributed by atoms with Crippen molar-refractivity contribution in [1.29, 1.82) is 0 Å². The molecule has 0 N–H and O–H groups in total. The first-order chi connectivity index (χ1) is 8.15. The molecule has 3 nitrogen and oxygen atoms in total. The predicted molar refractivity (Wildman–Crippen MR) is 70.3 cm³/mol. The minimum Gasteiger partial charge on any atom is -0.464 e. The van der Waals surface area contributed by atoms with E-state index in [9.17, 15) is 0 Å². The van der Waals surface area contributed by atoms with Gasteiger partial charge in [-0.3, -0.25) is 4.68 Å². The largest absolute Gasteiger partial charge is 0.464 e. The van der Waals surface area contributed by atoms with E-state index in [2.05, 4.69) is 12.0 Å². The second-order valence-electron chi connectivity index (χ2n) is 4.82. The Labute approximate surface area is 103 Å². The summed E-state index contributed by atoms with van der Waals surface area (Å²) < 4.78 is 7.65. The molecule has 0 spiro atoms. The Kier molecular flexibility index (Phi) is 3.55. The topological polar surface area (TPSA) is 31.0 Å². The summed E-state index contributed by atoms with van der Waals surface area (Å²) in [5.74, 6) is 1.99. The van der Waals surface area contributed by atoms with Gasteiger partial charge >= 0.3 is 0 Å². The van der Waals surface area contributed by atoms with Crippen LogP contribution < -0.4 is 0 Å². The van der Waals surface area contributed by atoms with Gasteiger partial charge < -0.3 is 4.42 Å². The van der Waals surface area contributed by atoms with Gasteiger partial charge in [0.25, 0.3) is 0 Å². The standard InChI is InChI=1S/C14H22N2O/c1-5-6-7-8-9-12-13-10(2)17-11(3)14(13)16(4)15-12/h5-9H2,1-4H3. The summed E-state index contributed by atoms with van der Waals surface area (Å²) in [4.78, 5) is 0. The minimum atomic E-state index is 0.979. The number of aryl methyl sites for hydroxylation is 4. The van der Waals surface area contributed by atoms with Crippen molar-refractivity contribution in [3.63, 3.8) is 0 Å². The molecule has 17 heavy (non-hydrogen) atoms. The van der Waals surface area contributed by atoms with Crippen molar-refractivity contribution in [2.24, 2.45) is 7.05 Å². The van der Waals surface area contributed by atoms with Crippen molar-refractivity contribution in [3.8, 4) is 0 Å². The van der Waals surface area contributed by atoms with Gasteiger partial charge in [0, 0.05) is 7.05 Å². The van der Waals surface area contributed by atoms with Crippen molar-refractivity contribution in [2.75, 3.05) is 0 Å². The first-order valence-corrected chi connectivity index (χ1v) is 6.56. The maximum Gasteiger partial charge on any atom is 0.126 e. The fraction of sp³-hybridized carbons (Fsp3) is 0.643. The molecular formula is C14H22N2O. The molecule has 3 heteroatoms. The molecule has 0 radical (unpaired) electrons. The molecule has 2 aromatic rings. The normalized spacial score (nSPS) is 11.5. The Morgan fingerprint density at radius 1 is 1.12 bits per heavy atom. The molecule has 94 valence electrons. The lowest BCUT2D eigenvalue weighted by atomic mass is 10.1. The van der Waals surface area contributed by atoms with Gasteiger partial charge in [0.15, 0.2) is 0 Å². The van der Waals surface area contributed by atoms with Crippen LogP contribution in [0.15, 0.2) is 4.42 Å². The van der Waals surface area contributed by atoms with Gasteiger partial charge in [-0.05, 0) is 26.7 Å². The summed E-state index contributed by atoms with van der Waals surface area (Å²) in [6.45, 7) is 6.28. The van der Waals surface area contributed by atoms with Gasteiger partial charge in [-0.2, -0.15) is 5.10 Å². The molecule has 0 aliphatic heterocycles. The quantitative estimate of drug-likeness (QED) is 0.734. The van der Waals surface area contributed by atoms with Crippen LogP contribution in [-0.2, 0) is 13.5 Å². The first kappa shape index (κ1) is 12.2. The number of rotatable bonds is 5. The summed E-state index contributed by atoms with van der Waals surface area (Å²) >= 11 is 0. The second kappa shape index (κ2) is 4.94. The molecule has 0 aromatic carbocycles. The van der Waals surface area contributed by atoms with E-state index in [4.69, 9.17) is 4.42 Å². The molecule has 2 aromatic heterocycles. The Balaban J connectivity index is 2.22. The molecule has 0 atom stereocenters. The maximum absolute atomic E-state index is 5.69. The van der Waals surface area contributed by atoms with Crippen LogP contribution in [0.25, 0.3) is 10.9 Å². The van der Waals surface area contributed by atoms with Crippen LogP contribution in [0.4, 0.5) is 0 Å². The van der Waals surface area contributed by atoms with Gasteiger partial charge in [0.05, 0.1) is 11.1 Å². The highest BCUT2D eigenvalue weighted by molar-refractivity contribution is 5.86. The summed E-state index contributed by atoms with van der Waals surface area (Å²) in [5.41, 5.74) is 2.36. The lowest BCUT2D eigenvalue weighted by Gasteiger charge is -1.97. The molecule has 0 aliphatic carbocycles. The summed E-state index contributed by atoms with van der Waals surface area (Å²) in [5, 5.41) is 5.86. The van der Waals surface area contributed by atoms with E-state index in [1.807, 2.05) is 25.6 Å². The zero-order valence-electron chi connectivity index (χ0n) is 11.3. The van der Waals surface area contributed by atoms with Crippen molar-refractivity contribution in [1.82, 2.24) is 9.78 Å². The minimum absolute atomic E-state index is 0.979. The number of hydrogen-bond donors (Lipinski definition) is 0. The number of fused-ring (bicyclic) bond motifs is 1. The van der Waals surface area contributed by atoms with Gasteiger partial charge in [0.1, 0.15) is 17.0 Å². The van der Waals surface area contributed by atoms with Crippen molar-refractivity contribution < 1.29 is 4.42 Å². The number of furan rings is 1. The van der Waals surface area contributed by atoms with Gasteiger partial charge in [0.2, 0.25) is 0 Å².